The molecule has 0 fully saturated rings. The van der Waals surface area contributed by atoms with Gasteiger partial charge in [-0.1, -0.05) is 78.3 Å². The van der Waals surface area contributed by atoms with Gasteiger partial charge in [-0.05, 0) is 93.3 Å². The largest absolute Gasteiger partial charge is 0.488 e. The molecule has 0 heterocycles. The number of carbonyl (C=O) groups is 3. The molecule has 11 nitrogen and oxygen atoms in total. The molecule has 0 spiro atoms. The maximum Gasteiger partial charge on any atom is 0.329 e. The summed E-state index contributed by atoms with van der Waals surface area (Å²) in [4.78, 5) is 42.9. The van der Waals surface area contributed by atoms with Crippen molar-refractivity contribution in [1.29, 1.82) is 0 Å². The molecule has 54 heavy (non-hydrogen) atoms. The number of nitrogens with one attached hydrogen (secondary N) is 3. The van der Waals surface area contributed by atoms with Crippen molar-refractivity contribution in [3.8, 4) is 5.75 Å². The smallest absolute Gasteiger partial charge is 0.329 e. The van der Waals surface area contributed by atoms with E-state index in [1.165, 1.54) is 5.01 Å². The maximum atomic E-state index is 14.9. The lowest BCUT2D eigenvalue weighted by Gasteiger charge is -2.37. The van der Waals surface area contributed by atoms with Gasteiger partial charge in [-0.15, -0.1) is 0 Å². The highest BCUT2D eigenvalue weighted by atomic mass is 35.5. The SMILES string of the molecule is CCOC(OCC)[C@H](C)N(Cc1cccc2ccccc12)C(=O)[C@H](Cc1ccc(OC(C)(C)C)cc1)NC(=O)CN(C)NC(=O)NCc1ccc(Cl)cc1. The van der Waals surface area contributed by atoms with E-state index in [0.717, 1.165) is 27.5 Å². The number of hydrogen-bond donors (Lipinski definition) is 3. The van der Waals surface area contributed by atoms with Gasteiger partial charge in [0, 0.05) is 44.8 Å². The highest BCUT2D eigenvalue weighted by molar-refractivity contribution is 6.30. The van der Waals surface area contributed by atoms with Gasteiger partial charge >= 0.3 is 6.03 Å². The van der Waals surface area contributed by atoms with Gasteiger partial charge in [0.1, 0.15) is 17.4 Å². The van der Waals surface area contributed by atoms with Gasteiger partial charge in [0.05, 0.1) is 12.6 Å². The summed E-state index contributed by atoms with van der Waals surface area (Å²) in [5.41, 5.74) is 4.92. The van der Waals surface area contributed by atoms with Gasteiger partial charge in [-0.2, -0.15) is 0 Å². The first-order valence-corrected chi connectivity index (χ1v) is 18.7. The number of hydrogen-bond acceptors (Lipinski definition) is 7. The van der Waals surface area contributed by atoms with Crippen LogP contribution in [0.25, 0.3) is 10.8 Å². The molecule has 0 aliphatic rings. The number of hydrazine groups is 1. The van der Waals surface area contributed by atoms with E-state index in [0.29, 0.717) is 24.0 Å². The Morgan fingerprint density at radius 1 is 0.833 bits per heavy atom. The van der Waals surface area contributed by atoms with Crippen molar-refractivity contribution in [1.82, 2.24) is 26.0 Å². The van der Waals surface area contributed by atoms with Crippen molar-refractivity contribution in [2.45, 2.75) is 85.0 Å². The third-order valence-corrected chi connectivity index (χ3v) is 8.76. The predicted octanol–water partition coefficient (Wildman–Crippen LogP) is 6.86. The van der Waals surface area contributed by atoms with Crippen LogP contribution < -0.4 is 20.8 Å². The number of halogens is 1. The van der Waals surface area contributed by atoms with Crippen molar-refractivity contribution < 1.29 is 28.6 Å². The third kappa shape index (κ3) is 13.0. The zero-order valence-corrected chi connectivity index (χ0v) is 33.1. The lowest BCUT2D eigenvalue weighted by atomic mass is 10.0. The van der Waals surface area contributed by atoms with Crippen molar-refractivity contribution in [3.05, 3.63) is 113 Å². The molecule has 4 amide bonds. The summed E-state index contributed by atoms with van der Waals surface area (Å²) in [5.74, 6) is -0.0623. The second-order valence-electron chi connectivity index (χ2n) is 14.1. The van der Waals surface area contributed by atoms with E-state index in [-0.39, 0.29) is 37.6 Å². The predicted molar refractivity (Wildman–Crippen MR) is 213 cm³/mol. The van der Waals surface area contributed by atoms with Gasteiger partial charge in [0.2, 0.25) is 11.8 Å². The zero-order valence-electron chi connectivity index (χ0n) is 32.4. The third-order valence-electron chi connectivity index (χ3n) is 8.51. The van der Waals surface area contributed by atoms with E-state index < -0.39 is 30.3 Å². The lowest BCUT2D eigenvalue weighted by molar-refractivity contribution is -0.179. The first-order chi connectivity index (χ1) is 25.8. The minimum atomic E-state index is -0.972. The highest BCUT2D eigenvalue weighted by Crippen LogP contribution is 2.24. The number of amides is 4. The van der Waals surface area contributed by atoms with Crippen LogP contribution in [0.5, 0.6) is 5.75 Å². The first-order valence-electron chi connectivity index (χ1n) is 18.3. The molecule has 4 rings (SSSR count). The number of benzene rings is 4. The van der Waals surface area contributed by atoms with Crippen LogP contribution in [0.1, 0.15) is 58.2 Å². The van der Waals surface area contributed by atoms with Crippen LogP contribution in [0.3, 0.4) is 0 Å². The Morgan fingerprint density at radius 2 is 1.46 bits per heavy atom. The molecule has 12 heteroatoms. The Labute approximate surface area is 324 Å². The fraction of sp³-hybridized carbons (Fsp3) is 0.405. The molecule has 290 valence electrons. The van der Waals surface area contributed by atoms with Crippen LogP contribution >= 0.6 is 11.6 Å². The van der Waals surface area contributed by atoms with Crippen LogP contribution in [0.4, 0.5) is 4.79 Å². The van der Waals surface area contributed by atoms with Gasteiger partial charge in [-0.25, -0.2) is 9.80 Å². The number of nitrogens with zero attached hydrogens (tertiary/aromatic N) is 2. The van der Waals surface area contributed by atoms with E-state index in [1.54, 1.807) is 24.1 Å². The number of fused-ring (bicyclic) bond motifs is 1. The van der Waals surface area contributed by atoms with Crippen LogP contribution in [-0.4, -0.2) is 78.5 Å². The average Bonchev–Trinajstić information content (AvgIpc) is 3.13. The van der Waals surface area contributed by atoms with Crippen LogP contribution in [-0.2, 0) is 38.6 Å². The Kier molecular flexibility index (Phi) is 15.7. The number of likely N-dealkylation sites (N-methyl/N-ethyl adjacent to an activating group) is 1. The molecule has 0 saturated heterocycles. The molecule has 4 aromatic rings. The Bertz CT molecular complexity index is 1800. The van der Waals surface area contributed by atoms with Crippen LogP contribution in [0.2, 0.25) is 5.02 Å². The summed E-state index contributed by atoms with van der Waals surface area (Å²) in [7, 11) is 1.58. The Hall–Kier alpha value is -4.68. The van der Waals surface area contributed by atoms with Crippen LogP contribution in [0, 0.1) is 0 Å². The number of carbonyl (C=O) groups excluding carboxylic acids is 3. The fourth-order valence-corrected chi connectivity index (χ4v) is 6.14. The molecule has 0 aliphatic heterocycles. The summed E-state index contributed by atoms with van der Waals surface area (Å²) in [6.07, 6.45) is -0.503. The number of urea groups is 1. The summed E-state index contributed by atoms with van der Waals surface area (Å²) >= 11 is 5.96. The van der Waals surface area contributed by atoms with Gasteiger partial charge < -0.3 is 29.7 Å². The van der Waals surface area contributed by atoms with Crippen molar-refractivity contribution in [2.75, 3.05) is 26.8 Å². The fourth-order valence-electron chi connectivity index (χ4n) is 6.01. The minimum Gasteiger partial charge on any atom is -0.488 e. The molecule has 0 bridgehead atoms. The van der Waals surface area contributed by atoms with Crippen molar-refractivity contribution >= 4 is 40.2 Å². The molecule has 0 unspecified atom stereocenters. The first kappa shape index (κ1) is 42.1. The molecular weight excluding hydrogens is 706 g/mol. The maximum absolute atomic E-state index is 14.9. The van der Waals surface area contributed by atoms with E-state index >= 15 is 0 Å². The van der Waals surface area contributed by atoms with Gasteiger partial charge in [0.25, 0.3) is 0 Å². The van der Waals surface area contributed by atoms with Crippen molar-refractivity contribution in [2.24, 2.45) is 0 Å². The molecule has 3 N–H and O–H groups in total. The summed E-state index contributed by atoms with van der Waals surface area (Å²) < 4.78 is 18.0. The second-order valence-corrected chi connectivity index (χ2v) is 14.5. The van der Waals surface area contributed by atoms with E-state index in [2.05, 4.69) is 16.1 Å². The summed E-state index contributed by atoms with van der Waals surface area (Å²) in [6, 6.07) is 26.7. The number of ether oxygens (including phenoxy) is 3. The Morgan fingerprint density at radius 3 is 2.11 bits per heavy atom. The quantitative estimate of drug-likeness (QED) is 0.0749. The Balaban J connectivity index is 1.59. The minimum absolute atomic E-state index is 0.200. The molecule has 0 saturated carbocycles. The van der Waals surface area contributed by atoms with Crippen molar-refractivity contribution in [3.63, 3.8) is 0 Å². The molecule has 4 aromatic carbocycles. The molecule has 0 aliphatic carbocycles. The highest BCUT2D eigenvalue weighted by Gasteiger charge is 2.34. The number of rotatable bonds is 18. The monoisotopic (exact) mass is 759 g/mol. The summed E-state index contributed by atoms with van der Waals surface area (Å²) in [6.45, 7) is 12.7. The second kappa shape index (κ2) is 20.1. The van der Waals surface area contributed by atoms with E-state index in [4.69, 9.17) is 25.8 Å². The topological polar surface area (TPSA) is 121 Å². The van der Waals surface area contributed by atoms with Gasteiger partial charge in [0.15, 0.2) is 6.29 Å². The van der Waals surface area contributed by atoms with E-state index in [1.807, 2.05) is 120 Å². The van der Waals surface area contributed by atoms with Crippen LogP contribution in [0.15, 0.2) is 91.0 Å². The molecular formula is C42H54ClN5O6. The molecule has 0 aromatic heterocycles. The molecule has 2 atom stereocenters. The lowest BCUT2D eigenvalue weighted by Crippen LogP contribution is -2.56. The zero-order chi connectivity index (χ0) is 39.3. The van der Waals surface area contributed by atoms with E-state index in [9.17, 15) is 14.4 Å². The average molecular weight is 760 g/mol. The normalized spacial score (nSPS) is 12.7. The standard InChI is InChI=1S/C42H54ClN5O6/c1-8-52-40(53-9-2)29(3)48(27-33-15-12-14-32-13-10-11-16-36(32)33)39(50)37(25-30-19-23-35(24-20-30)54-42(4,5)6)45-38(49)28-47(7)46-41(51)44-26-31-17-21-34(43)22-18-31/h10-24,29,37,40H,8-9,25-28H2,1-7H3,(H,45,49)(H2,44,46,51)/t29-,37-/m0/s1. The van der Waals surface area contributed by atoms with Gasteiger partial charge in [-0.3, -0.25) is 15.0 Å². The summed E-state index contributed by atoms with van der Waals surface area (Å²) in [5, 5.41) is 9.78. The molecule has 0 radical (unpaired) electrons.